The molecule has 2 rings (SSSR count). The molecule has 24 heavy (non-hydrogen) atoms. The summed E-state index contributed by atoms with van der Waals surface area (Å²) >= 11 is 6.23. The number of halogens is 1. The van der Waals surface area contributed by atoms with Gasteiger partial charge in [-0.25, -0.2) is 9.78 Å². The summed E-state index contributed by atoms with van der Waals surface area (Å²) in [6.07, 6.45) is 4.36. The number of aromatic nitrogens is 2. The molecule has 0 bridgehead atoms. The molecule has 0 aliphatic rings. The largest absolute Gasteiger partial charge is 0.462 e. The van der Waals surface area contributed by atoms with Gasteiger partial charge in [-0.15, -0.1) is 0 Å². The minimum absolute atomic E-state index is 0.0589. The van der Waals surface area contributed by atoms with Gasteiger partial charge in [0.25, 0.3) is 0 Å². The van der Waals surface area contributed by atoms with Crippen LogP contribution in [0.15, 0.2) is 18.3 Å². The van der Waals surface area contributed by atoms with Crippen molar-refractivity contribution in [3.05, 3.63) is 29.0 Å². The minimum Gasteiger partial charge on any atom is -0.462 e. The van der Waals surface area contributed by atoms with Gasteiger partial charge >= 0.3 is 5.97 Å². The molecule has 2 N–H and O–H groups in total. The van der Waals surface area contributed by atoms with Gasteiger partial charge in [0, 0.05) is 12.2 Å². The predicted octanol–water partition coefficient (Wildman–Crippen LogP) is 3.42. The van der Waals surface area contributed by atoms with Crippen LogP contribution in [0.5, 0.6) is 0 Å². The van der Waals surface area contributed by atoms with Crippen LogP contribution >= 0.6 is 11.6 Å². The Morgan fingerprint density at radius 3 is 2.92 bits per heavy atom. The number of nitrogens with zero attached hydrogens (tertiary/aromatic N) is 2. The molecule has 0 aliphatic heterocycles. The van der Waals surface area contributed by atoms with Gasteiger partial charge < -0.3 is 15.2 Å². The fourth-order valence-corrected chi connectivity index (χ4v) is 2.72. The second-order valence-electron chi connectivity index (χ2n) is 5.41. The molecule has 0 aliphatic carbocycles. The summed E-state index contributed by atoms with van der Waals surface area (Å²) < 4.78 is 5.10. The van der Waals surface area contributed by atoms with Crippen LogP contribution in [0.3, 0.4) is 0 Å². The molecule has 6 nitrogen and oxygen atoms in total. The number of aliphatic hydroxyl groups excluding tert-OH is 1. The van der Waals surface area contributed by atoms with Crippen molar-refractivity contribution in [3.8, 4) is 0 Å². The maximum absolute atomic E-state index is 12.3. The number of unbranched alkanes of at least 4 members (excludes halogenated alkanes) is 1. The Morgan fingerprint density at radius 1 is 1.46 bits per heavy atom. The summed E-state index contributed by atoms with van der Waals surface area (Å²) in [6.45, 7) is 3.98. The number of anilines is 1. The Balaban J connectivity index is 2.53. The highest BCUT2D eigenvalue weighted by Crippen LogP contribution is 2.31. The molecule has 0 fully saturated rings. The summed E-state index contributed by atoms with van der Waals surface area (Å²) in [4.78, 5) is 20.9. The number of hydrogen-bond donors (Lipinski definition) is 2. The number of hydrogen-bond acceptors (Lipinski definition) is 6. The van der Waals surface area contributed by atoms with E-state index in [1.165, 1.54) is 0 Å². The van der Waals surface area contributed by atoms with E-state index in [9.17, 15) is 9.90 Å². The molecule has 0 saturated carbocycles. The normalized spacial score (nSPS) is 12.2. The first kappa shape index (κ1) is 18.4. The van der Waals surface area contributed by atoms with Gasteiger partial charge in [-0.05, 0) is 25.5 Å². The zero-order valence-electron chi connectivity index (χ0n) is 13.9. The average molecular weight is 352 g/mol. The van der Waals surface area contributed by atoms with Crippen molar-refractivity contribution in [2.24, 2.45) is 0 Å². The summed E-state index contributed by atoms with van der Waals surface area (Å²) in [5, 5.41) is 12.9. The molecule has 0 saturated heterocycles. The van der Waals surface area contributed by atoms with Crippen molar-refractivity contribution < 1.29 is 14.6 Å². The van der Waals surface area contributed by atoms with Crippen LogP contribution in [0, 0.1) is 0 Å². The Labute approximate surface area is 146 Å². The van der Waals surface area contributed by atoms with Gasteiger partial charge in [0.2, 0.25) is 0 Å². The summed E-state index contributed by atoms with van der Waals surface area (Å²) in [5.41, 5.74) is 1.71. The number of aliphatic hydroxyl groups is 1. The Morgan fingerprint density at radius 2 is 2.25 bits per heavy atom. The van der Waals surface area contributed by atoms with Crippen molar-refractivity contribution in [1.82, 2.24) is 9.97 Å². The quantitative estimate of drug-likeness (QED) is 0.560. The van der Waals surface area contributed by atoms with E-state index in [0.29, 0.717) is 16.7 Å². The molecule has 0 unspecified atom stereocenters. The number of carbonyl (C=O) groups excluding carboxylic acids is 1. The van der Waals surface area contributed by atoms with Crippen LogP contribution in [0.1, 0.15) is 43.5 Å². The van der Waals surface area contributed by atoms with E-state index in [2.05, 4.69) is 22.2 Å². The first-order valence-corrected chi connectivity index (χ1v) is 8.48. The van der Waals surface area contributed by atoms with Crippen LogP contribution < -0.4 is 5.32 Å². The summed E-state index contributed by atoms with van der Waals surface area (Å²) in [7, 11) is 0. The molecular formula is C17H22ClN3O3. The Bertz CT molecular complexity index is 709. The maximum atomic E-state index is 12.3. The van der Waals surface area contributed by atoms with Crippen molar-refractivity contribution in [1.29, 1.82) is 0 Å². The molecule has 0 amide bonds. The van der Waals surface area contributed by atoms with Crippen LogP contribution in [-0.4, -0.2) is 40.3 Å². The zero-order chi connectivity index (χ0) is 17.5. The lowest BCUT2D eigenvalue weighted by atomic mass is 10.1. The monoisotopic (exact) mass is 351 g/mol. The number of rotatable bonds is 8. The molecule has 2 heterocycles. The number of nitrogens with one attached hydrogen (secondary N) is 1. The number of ether oxygens (including phenoxy) is 1. The third-order valence-electron chi connectivity index (χ3n) is 3.65. The van der Waals surface area contributed by atoms with Gasteiger partial charge in [-0.1, -0.05) is 31.4 Å². The zero-order valence-corrected chi connectivity index (χ0v) is 14.6. The first-order valence-electron chi connectivity index (χ1n) is 8.11. The second-order valence-corrected chi connectivity index (χ2v) is 5.77. The third kappa shape index (κ3) is 4.13. The molecule has 130 valence electrons. The second kappa shape index (κ2) is 8.80. The number of carbonyl (C=O) groups is 1. The standard InChI is InChI=1S/C17H22ClN3O3/c1-3-5-7-11(10-22)20-15-13(17(23)24-4-2)16(18)21-12-8-6-9-19-14(12)15/h6,8-9,11,22H,3-5,7,10H2,1-2H3,(H,20,21)/t11-/m1/s1. The van der Waals surface area contributed by atoms with Crippen LogP contribution in [-0.2, 0) is 4.74 Å². The Kier molecular flexibility index (Phi) is 6.75. The van der Waals surface area contributed by atoms with Gasteiger partial charge in [0.15, 0.2) is 0 Å². The van der Waals surface area contributed by atoms with Crippen LogP contribution in [0.2, 0.25) is 5.15 Å². The minimum atomic E-state index is -0.558. The average Bonchev–Trinajstić information content (AvgIpc) is 2.58. The SMILES string of the molecule is CCCC[C@H](CO)Nc1c(C(=O)OCC)c(Cl)nc2cccnc12. The summed E-state index contributed by atoms with van der Waals surface area (Å²) in [6, 6.07) is 3.32. The number of pyridine rings is 2. The van der Waals surface area contributed by atoms with E-state index in [1.807, 2.05) is 0 Å². The lowest BCUT2D eigenvalue weighted by molar-refractivity contribution is 0.0527. The maximum Gasteiger partial charge on any atom is 0.343 e. The van der Waals surface area contributed by atoms with Gasteiger partial charge in [0.1, 0.15) is 16.2 Å². The molecule has 0 spiro atoms. The van der Waals surface area contributed by atoms with Gasteiger partial charge in [-0.2, -0.15) is 0 Å². The molecule has 0 aromatic carbocycles. The Hall–Kier alpha value is -1.92. The first-order chi connectivity index (χ1) is 11.6. The fourth-order valence-electron chi connectivity index (χ4n) is 2.46. The molecule has 2 aromatic rings. The highest BCUT2D eigenvalue weighted by molar-refractivity contribution is 6.34. The van der Waals surface area contributed by atoms with Crippen LogP contribution in [0.4, 0.5) is 5.69 Å². The highest BCUT2D eigenvalue weighted by Gasteiger charge is 2.24. The van der Waals surface area contributed by atoms with E-state index in [4.69, 9.17) is 16.3 Å². The van der Waals surface area contributed by atoms with Crippen molar-refractivity contribution in [3.63, 3.8) is 0 Å². The number of esters is 1. The van der Waals surface area contributed by atoms with Crippen molar-refractivity contribution >= 4 is 34.3 Å². The van der Waals surface area contributed by atoms with Gasteiger partial charge in [-0.3, -0.25) is 4.98 Å². The molecule has 0 radical (unpaired) electrons. The smallest absolute Gasteiger partial charge is 0.343 e. The van der Waals surface area contributed by atoms with Crippen LogP contribution in [0.25, 0.3) is 11.0 Å². The lowest BCUT2D eigenvalue weighted by Crippen LogP contribution is -2.26. The molecular weight excluding hydrogens is 330 g/mol. The number of fused-ring (bicyclic) bond motifs is 1. The van der Waals surface area contributed by atoms with E-state index < -0.39 is 5.97 Å². The third-order valence-corrected chi connectivity index (χ3v) is 3.93. The molecule has 1 atom stereocenters. The van der Waals surface area contributed by atoms with E-state index in [1.54, 1.807) is 25.3 Å². The van der Waals surface area contributed by atoms with Crippen molar-refractivity contribution in [2.75, 3.05) is 18.5 Å². The molecule has 2 aromatic heterocycles. The van der Waals surface area contributed by atoms with E-state index in [-0.39, 0.29) is 30.0 Å². The highest BCUT2D eigenvalue weighted by atomic mass is 35.5. The van der Waals surface area contributed by atoms with E-state index in [0.717, 1.165) is 19.3 Å². The lowest BCUT2D eigenvalue weighted by Gasteiger charge is -2.20. The topological polar surface area (TPSA) is 84.3 Å². The fraction of sp³-hybridized carbons (Fsp3) is 0.471. The van der Waals surface area contributed by atoms with Crippen molar-refractivity contribution in [2.45, 2.75) is 39.2 Å². The van der Waals surface area contributed by atoms with E-state index >= 15 is 0 Å². The predicted molar refractivity (Wildman–Crippen MR) is 94.5 cm³/mol. The van der Waals surface area contributed by atoms with Gasteiger partial charge in [0.05, 0.1) is 24.4 Å². The summed E-state index contributed by atoms with van der Waals surface area (Å²) in [5.74, 6) is -0.558. The molecule has 7 heteroatoms.